The van der Waals surface area contributed by atoms with E-state index in [4.69, 9.17) is 5.73 Å². The molecule has 0 amide bonds. The topological polar surface area (TPSA) is 45.4 Å². The normalized spacial score (nSPS) is 16.2. The number of nitrogen functional groups attached to an aromatic ring is 1. The van der Waals surface area contributed by atoms with Gasteiger partial charge in [-0.3, -0.25) is 0 Å². The van der Waals surface area contributed by atoms with E-state index in [1.165, 1.54) is 11.3 Å². The van der Waals surface area contributed by atoms with Gasteiger partial charge in [0, 0.05) is 43.5 Å². The lowest BCUT2D eigenvalue weighted by molar-refractivity contribution is 0.313. The van der Waals surface area contributed by atoms with Gasteiger partial charge in [0.15, 0.2) is 0 Å². The third-order valence-electron chi connectivity index (χ3n) is 4.01. The number of likely N-dealkylation sites (N-methyl/N-ethyl adjacent to an activating group) is 1. The van der Waals surface area contributed by atoms with Gasteiger partial charge in [0.05, 0.1) is 5.69 Å². The van der Waals surface area contributed by atoms with Gasteiger partial charge in [-0.15, -0.1) is 0 Å². The Morgan fingerprint density at radius 3 is 2.52 bits per heavy atom. The van der Waals surface area contributed by atoms with E-state index < -0.39 is 0 Å². The Balaban J connectivity index is 1.93. The van der Waals surface area contributed by atoms with E-state index in [9.17, 15) is 0 Å². The van der Waals surface area contributed by atoms with E-state index in [1.807, 2.05) is 6.07 Å². The van der Waals surface area contributed by atoms with E-state index >= 15 is 0 Å². The minimum absolute atomic E-state index is 0.586. The minimum atomic E-state index is 0.586. The molecule has 3 rings (SSSR count). The zero-order valence-electron chi connectivity index (χ0n) is 12.7. The fraction of sp³-hybridized carbons (Fsp3) is 0.353. The van der Waals surface area contributed by atoms with Crippen LogP contribution in [0.3, 0.4) is 0 Å². The second kappa shape index (κ2) is 5.74. The highest BCUT2D eigenvalue weighted by Crippen LogP contribution is 2.26. The van der Waals surface area contributed by atoms with Crippen molar-refractivity contribution in [3.8, 4) is 11.3 Å². The lowest BCUT2D eigenvalue weighted by atomic mass is 10.1. The van der Waals surface area contributed by atoms with Crippen LogP contribution in [0, 0.1) is 6.92 Å². The van der Waals surface area contributed by atoms with Crippen LogP contribution in [0.4, 0.5) is 11.5 Å². The highest BCUT2D eigenvalue weighted by atomic mass is 15.2. The number of aryl methyl sites for hydroxylation is 1. The summed E-state index contributed by atoms with van der Waals surface area (Å²) in [7, 11) is 2.16. The number of nitrogens with two attached hydrogens (primary N) is 1. The fourth-order valence-corrected chi connectivity index (χ4v) is 2.74. The van der Waals surface area contributed by atoms with Crippen LogP contribution >= 0.6 is 0 Å². The molecule has 1 aromatic carbocycles. The molecule has 2 heterocycles. The van der Waals surface area contributed by atoms with Gasteiger partial charge in [-0.2, -0.15) is 0 Å². The molecular formula is C17H22N4. The fourth-order valence-electron chi connectivity index (χ4n) is 2.74. The maximum Gasteiger partial charge on any atom is 0.126 e. The Labute approximate surface area is 126 Å². The summed E-state index contributed by atoms with van der Waals surface area (Å²) in [5.74, 6) is 0.586. The first-order valence-electron chi connectivity index (χ1n) is 7.40. The summed E-state index contributed by atoms with van der Waals surface area (Å²) in [5, 5.41) is 0. The molecule has 0 unspecified atom stereocenters. The molecule has 1 saturated heterocycles. The van der Waals surface area contributed by atoms with E-state index in [1.54, 1.807) is 0 Å². The third-order valence-corrected chi connectivity index (χ3v) is 4.01. The molecule has 1 aromatic heterocycles. The van der Waals surface area contributed by atoms with Crippen LogP contribution in [-0.2, 0) is 0 Å². The van der Waals surface area contributed by atoms with Gasteiger partial charge in [-0.05, 0) is 26.1 Å². The zero-order chi connectivity index (χ0) is 14.8. The predicted molar refractivity (Wildman–Crippen MR) is 88.5 cm³/mol. The van der Waals surface area contributed by atoms with Crippen molar-refractivity contribution in [2.45, 2.75) is 6.92 Å². The first-order valence-corrected chi connectivity index (χ1v) is 7.40. The predicted octanol–water partition coefficient (Wildman–Crippen LogP) is 2.39. The van der Waals surface area contributed by atoms with Crippen LogP contribution < -0.4 is 10.6 Å². The van der Waals surface area contributed by atoms with Crippen molar-refractivity contribution in [2.24, 2.45) is 0 Å². The molecule has 4 nitrogen and oxygen atoms in total. The van der Waals surface area contributed by atoms with Gasteiger partial charge in [-0.1, -0.05) is 23.8 Å². The summed E-state index contributed by atoms with van der Waals surface area (Å²) in [6, 6.07) is 12.5. The Kier molecular flexibility index (Phi) is 3.80. The smallest absolute Gasteiger partial charge is 0.126 e. The summed E-state index contributed by atoms with van der Waals surface area (Å²) in [6.45, 7) is 6.33. The van der Waals surface area contributed by atoms with Crippen LogP contribution in [0.5, 0.6) is 0 Å². The number of hydrogen-bond acceptors (Lipinski definition) is 4. The first kappa shape index (κ1) is 13.9. The number of hydrogen-bond donors (Lipinski definition) is 1. The standard InChI is InChI=1S/C17H22N4/c1-13-4-3-5-14(10-13)16-11-15(12-17(18)19-16)21-8-6-20(2)7-9-21/h3-5,10-12H,6-9H2,1-2H3,(H2,18,19). The molecule has 0 aliphatic carbocycles. The van der Waals surface area contributed by atoms with Crippen molar-refractivity contribution in [1.82, 2.24) is 9.88 Å². The number of nitrogens with zero attached hydrogens (tertiary/aromatic N) is 3. The molecule has 21 heavy (non-hydrogen) atoms. The highest BCUT2D eigenvalue weighted by molar-refractivity contribution is 5.68. The molecule has 0 radical (unpaired) electrons. The molecule has 0 atom stereocenters. The van der Waals surface area contributed by atoms with Crippen molar-refractivity contribution >= 4 is 11.5 Å². The maximum atomic E-state index is 6.02. The molecular weight excluding hydrogens is 260 g/mol. The van der Waals surface area contributed by atoms with E-state index in [2.05, 4.69) is 59.1 Å². The van der Waals surface area contributed by atoms with Crippen LogP contribution in [0.2, 0.25) is 0 Å². The van der Waals surface area contributed by atoms with Crippen molar-refractivity contribution in [1.29, 1.82) is 0 Å². The Morgan fingerprint density at radius 2 is 1.81 bits per heavy atom. The summed E-state index contributed by atoms with van der Waals surface area (Å²) in [6.07, 6.45) is 0. The average molecular weight is 282 g/mol. The molecule has 1 aliphatic heterocycles. The average Bonchev–Trinajstić information content (AvgIpc) is 2.47. The molecule has 0 spiro atoms. The highest BCUT2D eigenvalue weighted by Gasteiger charge is 2.15. The number of pyridine rings is 1. The van der Waals surface area contributed by atoms with Crippen LogP contribution in [0.15, 0.2) is 36.4 Å². The molecule has 0 saturated carbocycles. The number of anilines is 2. The Morgan fingerprint density at radius 1 is 1.05 bits per heavy atom. The largest absolute Gasteiger partial charge is 0.384 e. The minimum Gasteiger partial charge on any atom is -0.384 e. The second-order valence-electron chi connectivity index (χ2n) is 5.80. The van der Waals surface area contributed by atoms with Gasteiger partial charge in [-0.25, -0.2) is 4.98 Å². The van der Waals surface area contributed by atoms with Crippen molar-refractivity contribution in [2.75, 3.05) is 43.9 Å². The van der Waals surface area contributed by atoms with Crippen molar-refractivity contribution in [3.63, 3.8) is 0 Å². The summed E-state index contributed by atoms with van der Waals surface area (Å²) >= 11 is 0. The maximum absolute atomic E-state index is 6.02. The monoisotopic (exact) mass is 282 g/mol. The van der Waals surface area contributed by atoms with Gasteiger partial charge in [0.2, 0.25) is 0 Å². The number of rotatable bonds is 2. The van der Waals surface area contributed by atoms with Crippen LogP contribution in [0.1, 0.15) is 5.56 Å². The van der Waals surface area contributed by atoms with Gasteiger partial charge in [0.1, 0.15) is 5.82 Å². The van der Waals surface area contributed by atoms with Gasteiger partial charge >= 0.3 is 0 Å². The zero-order valence-corrected chi connectivity index (χ0v) is 12.7. The molecule has 2 aromatic rings. The van der Waals surface area contributed by atoms with E-state index in [-0.39, 0.29) is 0 Å². The molecule has 2 N–H and O–H groups in total. The molecule has 1 aliphatic rings. The Bertz CT molecular complexity index is 630. The van der Waals surface area contributed by atoms with Gasteiger partial charge < -0.3 is 15.5 Å². The van der Waals surface area contributed by atoms with Crippen LogP contribution in [-0.4, -0.2) is 43.1 Å². The lowest BCUT2D eigenvalue weighted by Gasteiger charge is -2.34. The third kappa shape index (κ3) is 3.16. The summed E-state index contributed by atoms with van der Waals surface area (Å²) in [5.41, 5.74) is 10.5. The molecule has 0 bridgehead atoms. The number of aromatic nitrogens is 1. The summed E-state index contributed by atoms with van der Waals surface area (Å²) in [4.78, 5) is 9.23. The Hall–Kier alpha value is -2.07. The SMILES string of the molecule is Cc1cccc(-c2cc(N3CCN(C)CC3)cc(N)n2)c1. The lowest BCUT2D eigenvalue weighted by Crippen LogP contribution is -2.44. The van der Waals surface area contributed by atoms with Gasteiger partial charge in [0.25, 0.3) is 0 Å². The van der Waals surface area contributed by atoms with Crippen LogP contribution in [0.25, 0.3) is 11.3 Å². The second-order valence-corrected chi connectivity index (χ2v) is 5.80. The van der Waals surface area contributed by atoms with Crippen molar-refractivity contribution < 1.29 is 0 Å². The molecule has 4 heteroatoms. The van der Waals surface area contributed by atoms with Crippen molar-refractivity contribution in [3.05, 3.63) is 42.0 Å². The van der Waals surface area contributed by atoms with E-state index in [0.29, 0.717) is 5.82 Å². The summed E-state index contributed by atoms with van der Waals surface area (Å²) < 4.78 is 0. The number of piperazine rings is 1. The number of benzene rings is 1. The van der Waals surface area contributed by atoms with E-state index in [0.717, 1.165) is 37.4 Å². The molecule has 110 valence electrons. The first-order chi connectivity index (χ1) is 10.1. The molecule has 1 fully saturated rings. The quantitative estimate of drug-likeness (QED) is 0.918.